The van der Waals surface area contributed by atoms with Crippen LogP contribution in [0.2, 0.25) is 0 Å². The molecule has 0 saturated heterocycles. The van der Waals surface area contributed by atoms with Gasteiger partial charge in [-0.1, -0.05) is 172 Å². The van der Waals surface area contributed by atoms with Crippen molar-refractivity contribution >= 4 is 22.3 Å². The summed E-state index contributed by atoms with van der Waals surface area (Å²) in [5.74, 6) is 1.76. The van der Waals surface area contributed by atoms with E-state index in [4.69, 9.17) is 0 Å². The Labute approximate surface area is 357 Å². The van der Waals surface area contributed by atoms with E-state index in [0.29, 0.717) is 23.8 Å². The number of benzene rings is 4. The van der Waals surface area contributed by atoms with Crippen molar-refractivity contribution in [2.45, 2.75) is 58.0 Å². The molecule has 1 N–H and O–H groups in total. The summed E-state index contributed by atoms with van der Waals surface area (Å²) in [5.41, 5.74) is 16.3. The van der Waals surface area contributed by atoms with E-state index in [1.165, 1.54) is 77.4 Å². The summed E-state index contributed by atoms with van der Waals surface area (Å²) in [7, 11) is 2.18. The minimum absolute atomic E-state index is 0.203. The molecule has 298 valence electrons. The molecule has 6 aliphatic rings. The van der Waals surface area contributed by atoms with Gasteiger partial charge in [-0.05, 0) is 134 Å². The van der Waals surface area contributed by atoms with Crippen molar-refractivity contribution in [3.63, 3.8) is 0 Å². The van der Waals surface area contributed by atoms with Crippen LogP contribution in [-0.4, -0.2) is 18.0 Å². The molecule has 10 rings (SSSR count). The normalized spacial score (nSPS) is 26.9. The molecule has 4 aromatic rings. The molecule has 2 heteroatoms. The lowest BCUT2D eigenvalue weighted by atomic mass is 9.66. The third-order valence-electron chi connectivity index (χ3n) is 14.0. The van der Waals surface area contributed by atoms with Crippen LogP contribution in [-0.2, 0) is 0 Å². The van der Waals surface area contributed by atoms with E-state index in [9.17, 15) is 0 Å². The van der Waals surface area contributed by atoms with Crippen molar-refractivity contribution in [3.05, 3.63) is 237 Å². The van der Waals surface area contributed by atoms with E-state index in [2.05, 4.69) is 220 Å². The van der Waals surface area contributed by atoms with E-state index in [1.807, 2.05) is 0 Å². The van der Waals surface area contributed by atoms with Gasteiger partial charge in [-0.3, -0.25) is 0 Å². The fraction of sp³-hybridized carbons (Fsp3) is 0.241. The SMILES string of the molecule is CC1C=CC=C2C(C3C=C(C4=CCC(C)C(C)N4)C=CC3)=c3cc(C4=CC(c5ccccc5)CC(c5ccccc5)=C4)ccc3=C(c3cccc(C4C=CC=CN4C)c3)C21. The van der Waals surface area contributed by atoms with Gasteiger partial charge in [0.2, 0.25) is 0 Å². The number of hydrogen-bond donors (Lipinski definition) is 1. The van der Waals surface area contributed by atoms with Crippen LogP contribution >= 0.6 is 0 Å². The van der Waals surface area contributed by atoms with Crippen molar-refractivity contribution in [2.75, 3.05) is 7.05 Å². The summed E-state index contributed by atoms with van der Waals surface area (Å²) in [5, 5.41) is 6.61. The number of likely N-dealkylation sites (N-methyl/N-ethyl adjacent to an activating group) is 1. The van der Waals surface area contributed by atoms with E-state index >= 15 is 0 Å². The zero-order valence-electron chi connectivity index (χ0n) is 35.4. The topological polar surface area (TPSA) is 15.3 Å². The Morgan fingerprint density at radius 1 is 0.650 bits per heavy atom. The first kappa shape index (κ1) is 38.1. The Bertz CT molecular complexity index is 2730. The maximum atomic E-state index is 3.87. The number of nitrogens with one attached hydrogen (secondary N) is 1. The zero-order valence-corrected chi connectivity index (χ0v) is 35.4. The van der Waals surface area contributed by atoms with Gasteiger partial charge in [0.15, 0.2) is 0 Å². The van der Waals surface area contributed by atoms with Crippen molar-refractivity contribution in [3.8, 4) is 0 Å². The molecule has 2 aliphatic heterocycles. The Hall–Kier alpha value is -6.12. The zero-order chi connectivity index (χ0) is 40.7. The molecule has 2 nitrogen and oxygen atoms in total. The van der Waals surface area contributed by atoms with Gasteiger partial charge in [0.05, 0.1) is 6.04 Å². The molecule has 7 unspecified atom stereocenters. The molecule has 4 aromatic carbocycles. The molecule has 60 heavy (non-hydrogen) atoms. The second kappa shape index (κ2) is 16.1. The quantitative estimate of drug-likeness (QED) is 0.201. The monoisotopic (exact) mass is 780 g/mol. The average molecular weight is 781 g/mol. The average Bonchev–Trinajstić information content (AvgIpc) is 3.30. The van der Waals surface area contributed by atoms with E-state index in [1.54, 1.807) is 0 Å². The summed E-state index contributed by atoms with van der Waals surface area (Å²) in [6.45, 7) is 7.10. The fourth-order valence-electron chi connectivity index (χ4n) is 10.6. The minimum Gasteiger partial charge on any atom is -0.382 e. The number of rotatable bonds is 7. The molecule has 0 aromatic heterocycles. The van der Waals surface area contributed by atoms with Gasteiger partial charge >= 0.3 is 0 Å². The maximum Gasteiger partial charge on any atom is 0.0721 e. The lowest BCUT2D eigenvalue weighted by molar-refractivity contribution is 0.390. The van der Waals surface area contributed by atoms with Gasteiger partial charge in [-0.15, -0.1) is 0 Å². The Morgan fingerprint density at radius 3 is 2.25 bits per heavy atom. The van der Waals surface area contributed by atoms with E-state index < -0.39 is 0 Å². The number of fused-ring (bicyclic) bond motifs is 2. The first-order valence-electron chi connectivity index (χ1n) is 22.2. The molecule has 0 amide bonds. The highest BCUT2D eigenvalue weighted by Gasteiger charge is 2.36. The van der Waals surface area contributed by atoms with Gasteiger partial charge in [-0.2, -0.15) is 0 Å². The van der Waals surface area contributed by atoms with Crippen LogP contribution in [0, 0.1) is 23.7 Å². The number of allylic oxidation sites excluding steroid dienone is 14. The van der Waals surface area contributed by atoms with Crippen LogP contribution in [0.5, 0.6) is 0 Å². The summed E-state index contributed by atoms with van der Waals surface area (Å²) >= 11 is 0. The van der Waals surface area contributed by atoms with E-state index in [0.717, 1.165) is 19.3 Å². The van der Waals surface area contributed by atoms with Crippen LogP contribution < -0.4 is 15.8 Å². The van der Waals surface area contributed by atoms with Crippen LogP contribution in [0.1, 0.15) is 79.8 Å². The predicted molar refractivity (Wildman–Crippen MR) is 253 cm³/mol. The van der Waals surface area contributed by atoms with E-state index in [-0.39, 0.29) is 17.9 Å². The second-order valence-electron chi connectivity index (χ2n) is 17.9. The lowest BCUT2D eigenvalue weighted by Gasteiger charge is -2.38. The highest BCUT2D eigenvalue weighted by Crippen LogP contribution is 2.46. The lowest BCUT2D eigenvalue weighted by Crippen LogP contribution is -2.41. The molecule has 0 bridgehead atoms. The smallest absolute Gasteiger partial charge is 0.0721 e. The third kappa shape index (κ3) is 7.17. The molecular weight excluding hydrogens is 725 g/mol. The van der Waals surface area contributed by atoms with Crippen molar-refractivity contribution in [1.82, 2.24) is 10.2 Å². The Morgan fingerprint density at radius 2 is 1.43 bits per heavy atom. The highest BCUT2D eigenvalue weighted by molar-refractivity contribution is 5.89. The van der Waals surface area contributed by atoms with Gasteiger partial charge in [-0.25, -0.2) is 0 Å². The minimum atomic E-state index is 0.203. The van der Waals surface area contributed by atoms with Gasteiger partial charge < -0.3 is 10.2 Å². The molecule has 2 heterocycles. The summed E-state index contributed by atoms with van der Waals surface area (Å²) < 4.78 is 0. The van der Waals surface area contributed by atoms with Crippen LogP contribution in [0.4, 0.5) is 0 Å². The largest absolute Gasteiger partial charge is 0.382 e. The summed E-state index contributed by atoms with van der Waals surface area (Å²) in [6, 6.07) is 39.6. The standard InChI is InChI=1S/C58H56N2/c1-38-27-30-54(59-40(38)3)44-21-14-23-46(32-44)57-52-25-13-16-39(2)56(52)58(47-24-15-22-45(33-47)55-26-11-12-31-60(55)4)51-29-28-43(37-53(51)57)50-35-48(41-17-7-5-8-18-41)34-49(36-50)42-19-9-6-10-20-42/h5-22,24-26,28-33,35-40,46,48,55-56,59H,23,27,34H2,1-4H3. The van der Waals surface area contributed by atoms with Crippen molar-refractivity contribution in [2.24, 2.45) is 23.7 Å². The molecule has 0 spiro atoms. The highest BCUT2D eigenvalue weighted by atomic mass is 15.1. The van der Waals surface area contributed by atoms with Crippen LogP contribution in [0.15, 0.2) is 199 Å². The Balaban J connectivity index is 1.21. The van der Waals surface area contributed by atoms with Crippen molar-refractivity contribution in [1.29, 1.82) is 0 Å². The first-order chi connectivity index (χ1) is 29.4. The third-order valence-corrected chi connectivity index (χ3v) is 14.0. The molecule has 7 atom stereocenters. The van der Waals surface area contributed by atoms with Crippen molar-refractivity contribution < 1.29 is 0 Å². The summed E-state index contributed by atoms with van der Waals surface area (Å²) in [6.07, 6.45) is 33.9. The van der Waals surface area contributed by atoms with Crippen LogP contribution in [0.3, 0.4) is 0 Å². The first-order valence-corrected chi connectivity index (χ1v) is 22.2. The van der Waals surface area contributed by atoms with Gasteiger partial charge in [0, 0.05) is 36.5 Å². The number of hydrogen-bond acceptors (Lipinski definition) is 2. The molecule has 0 saturated carbocycles. The van der Waals surface area contributed by atoms with Crippen LogP contribution in [0.25, 0.3) is 22.3 Å². The molecule has 0 radical (unpaired) electrons. The van der Waals surface area contributed by atoms with Gasteiger partial charge in [0.1, 0.15) is 0 Å². The number of nitrogens with zero attached hydrogens (tertiary/aromatic N) is 1. The predicted octanol–water partition coefficient (Wildman–Crippen LogP) is 11.9. The second-order valence-corrected chi connectivity index (χ2v) is 17.9. The summed E-state index contributed by atoms with van der Waals surface area (Å²) in [4.78, 5) is 2.31. The molecule has 4 aliphatic carbocycles. The Kier molecular flexibility index (Phi) is 10.3. The fourth-order valence-corrected chi connectivity index (χ4v) is 10.6. The van der Waals surface area contributed by atoms with Gasteiger partial charge in [0.25, 0.3) is 0 Å². The maximum absolute atomic E-state index is 3.87. The molecule has 0 fully saturated rings. The molecular formula is C58H56N2.